The topological polar surface area (TPSA) is 51.8 Å². The molecule has 4 heterocycles. The van der Waals surface area contributed by atoms with Crippen molar-refractivity contribution in [2.45, 2.75) is 33.5 Å². The van der Waals surface area contributed by atoms with E-state index in [4.69, 9.17) is 4.42 Å². The number of furan rings is 1. The van der Waals surface area contributed by atoms with Gasteiger partial charge in [0.2, 0.25) is 0 Å². The van der Waals surface area contributed by atoms with Gasteiger partial charge >= 0.3 is 0 Å². The molecule has 6 heteroatoms. The van der Waals surface area contributed by atoms with Crippen LogP contribution in [0.2, 0.25) is 19.6 Å². The average molecular weight is 539 g/mol. The Kier molecular flexibility index (Phi) is 4.86. The predicted molar refractivity (Wildman–Crippen MR) is 104 cm³/mol. The second kappa shape index (κ2) is 6.69. The normalized spacial score (nSPS) is 11.7. The number of pyridine rings is 3. The van der Waals surface area contributed by atoms with Gasteiger partial charge in [0, 0.05) is 37.4 Å². The van der Waals surface area contributed by atoms with Crippen LogP contribution in [0.4, 0.5) is 0 Å². The van der Waals surface area contributed by atoms with Gasteiger partial charge in [-0.2, -0.15) is 0 Å². The first kappa shape index (κ1) is 18.9. The fraction of sp³-hybridized carbons (Fsp3) is 0.250. The molecule has 0 atom stereocenters. The van der Waals surface area contributed by atoms with Crippen molar-refractivity contribution in [2.24, 2.45) is 0 Å². The van der Waals surface area contributed by atoms with E-state index in [0.717, 1.165) is 39.0 Å². The summed E-state index contributed by atoms with van der Waals surface area (Å²) in [5, 5.41) is 3.37. The molecule has 135 valence electrons. The van der Waals surface area contributed by atoms with Crippen LogP contribution in [-0.2, 0) is 20.1 Å². The van der Waals surface area contributed by atoms with Crippen LogP contribution in [0.25, 0.3) is 33.3 Å². The molecule has 26 heavy (non-hydrogen) atoms. The summed E-state index contributed by atoms with van der Waals surface area (Å²) >= 11 is 0. The summed E-state index contributed by atoms with van der Waals surface area (Å²) in [5.74, 6) is 0. The minimum absolute atomic E-state index is 0. The zero-order valence-electron chi connectivity index (χ0n) is 15.5. The second-order valence-corrected chi connectivity index (χ2v) is 12.6. The van der Waals surface area contributed by atoms with E-state index >= 15 is 0 Å². The van der Waals surface area contributed by atoms with E-state index in [1.54, 1.807) is 0 Å². The quantitative estimate of drug-likeness (QED) is 0.281. The first-order valence-corrected chi connectivity index (χ1v) is 11.9. The fourth-order valence-corrected chi connectivity index (χ4v) is 4.09. The van der Waals surface area contributed by atoms with Gasteiger partial charge in [0.1, 0.15) is 11.3 Å². The maximum absolute atomic E-state index is 5.87. The predicted octanol–water partition coefficient (Wildman–Crippen LogP) is 4.40. The van der Waals surface area contributed by atoms with Crippen LogP contribution < -0.4 is 5.19 Å². The Morgan fingerprint density at radius 1 is 1.04 bits per heavy atom. The molecule has 0 aliphatic heterocycles. The van der Waals surface area contributed by atoms with E-state index in [1.165, 1.54) is 5.19 Å². The van der Waals surface area contributed by atoms with Crippen LogP contribution in [0.5, 0.6) is 0 Å². The number of hydrogen-bond donors (Lipinski definition) is 0. The zero-order valence-corrected chi connectivity index (χ0v) is 18.9. The molecule has 4 nitrogen and oxygen atoms in total. The molecule has 0 N–H and O–H groups in total. The van der Waals surface area contributed by atoms with Crippen molar-refractivity contribution in [1.29, 1.82) is 0 Å². The van der Waals surface area contributed by atoms with Gasteiger partial charge in [0.25, 0.3) is 0 Å². The second-order valence-electron chi connectivity index (χ2n) is 7.51. The molecule has 0 unspecified atom stereocenters. The number of rotatable bonds is 2. The van der Waals surface area contributed by atoms with E-state index < -0.39 is 8.07 Å². The van der Waals surface area contributed by atoms with Gasteiger partial charge in [-0.25, -0.2) is 0 Å². The van der Waals surface area contributed by atoms with Gasteiger partial charge in [-0.05, 0) is 42.4 Å². The zero-order chi connectivity index (χ0) is 17.8. The smallest absolute Gasteiger partial charge is 0.144 e. The summed E-state index contributed by atoms with van der Waals surface area (Å²) in [7, 11) is -1.35. The molecule has 0 aromatic carbocycles. The molecule has 4 rings (SSSR count). The first-order chi connectivity index (χ1) is 11.8. The molecule has 0 aliphatic carbocycles. The van der Waals surface area contributed by atoms with Gasteiger partial charge < -0.3 is 14.4 Å². The largest absolute Gasteiger partial charge is 0.481 e. The van der Waals surface area contributed by atoms with E-state index in [9.17, 15) is 0 Å². The maximum atomic E-state index is 5.87. The molecule has 0 saturated carbocycles. The molecule has 1 radical (unpaired) electrons. The number of fused-ring (bicyclic) bond motifs is 3. The van der Waals surface area contributed by atoms with Gasteiger partial charge in [0.05, 0.1) is 13.8 Å². The van der Waals surface area contributed by atoms with Crippen molar-refractivity contribution < 1.29 is 24.5 Å². The summed E-state index contributed by atoms with van der Waals surface area (Å²) in [4.78, 5) is 13.5. The number of hydrogen-bond acceptors (Lipinski definition) is 4. The Morgan fingerprint density at radius 2 is 1.81 bits per heavy atom. The number of aromatic nitrogens is 3. The van der Waals surface area contributed by atoms with Crippen LogP contribution in [0, 0.1) is 20.0 Å². The summed E-state index contributed by atoms with van der Waals surface area (Å²) in [5.41, 5.74) is 5.00. The Morgan fingerprint density at radius 3 is 2.46 bits per heavy atom. The minimum Gasteiger partial charge on any atom is -0.481 e. The molecular formula is C20H20IrN3OSi-. The molecule has 0 amide bonds. The van der Waals surface area contributed by atoms with E-state index in [2.05, 4.69) is 59.0 Å². The Balaban J connectivity index is 0.00000196. The van der Waals surface area contributed by atoms with Crippen LogP contribution in [0.15, 0.2) is 34.9 Å². The first-order valence-electron chi connectivity index (χ1n) is 8.39. The third kappa shape index (κ3) is 3.25. The number of aryl methyl sites for hydroxylation is 2. The van der Waals surface area contributed by atoms with Crippen molar-refractivity contribution in [3.63, 3.8) is 0 Å². The third-order valence-corrected chi connectivity index (χ3v) is 6.49. The van der Waals surface area contributed by atoms with Gasteiger partial charge in [-0.3, -0.25) is 4.98 Å². The molecule has 0 fully saturated rings. The molecule has 0 spiro atoms. The summed E-state index contributed by atoms with van der Waals surface area (Å²) in [6.07, 6.45) is 5.06. The Bertz CT molecular complexity index is 1100. The van der Waals surface area contributed by atoms with Crippen molar-refractivity contribution in [2.75, 3.05) is 0 Å². The molecule has 0 aliphatic rings. The fourth-order valence-electron chi connectivity index (χ4n) is 3.05. The average Bonchev–Trinajstić information content (AvgIpc) is 2.92. The van der Waals surface area contributed by atoms with Crippen molar-refractivity contribution >= 4 is 35.3 Å². The summed E-state index contributed by atoms with van der Waals surface area (Å²) < 4.78 is 5.87. The summed E-state index contributed by atoms with van der Waals surface area (Å²) in [6, 6.07) is 8.34. The monoisotopic (exact) mass is 539 g/mol. The molecule has 0 bridgehead atoms. The maximum Gasteiger partial charge on any atom is 0.144 e. The standard InChI is InChI=1S/C20H20N3OSi.Ir/c1-12-8-16-17-9-14(10-22-20(17)24-19(16)13(2)23-12)18-7-6-15(11-21-18)25(3,4)5;/h6-9,11H,1-5H3;/q-1;. The molecular weight excluding hydrogens is 519 g/mol. The van der Waals surface area contributed by atoms with Gasteiger partial charge in [0.15, 0.2) is 0 Å². The van der Waals surface area contributed by atoms with E-state index in [0.29, 0.717) is 5.71 Å². The Hall–Kier alpha value is -1.88. The Labute approximate surface area is 167 Å². The number of nitrogens with zero attached hydrogens (tertiary/aromatic N) is 3. The summed E-state index contributed by atoms with van der Waals surface area (Å²) in [6.45, 7) is 10.9. The van der Waals surface area contributed by atoms with Crippen LogP contribution in [0.3, 0.4) is 0 Å². The van der Waals surface area contributed by atoms with Crippen LogP contribution >= 0.6 is 0 Å². The van der Waals surface area contributed by atoms with E-state index in [-0.39, 0.29) is 20.1 Å². The van der Waals surface area contributed by atoms with Crippen molar-refractivity contribution in [1.82, 2.24) is 15.0 Å². The van der Waals surface area contributed by atoms with Gasteiger partial charge in [-0.1, -0.05) is 31.8 Å². The van der Waals surface area contributed by atoms with E-state index in [1.807, 2.05) is 26.1 Å². The SMILES string of the molecule is Cc1cc2c(oc3n[c-]c(-c4ccc([Si](C)(C)C)cn4)cc32)c(C)n1.[Ir]. The molecule has 0 saturated heterocycles. The van der Waals surface area contributed by atoms with Crippen LogP contribution in [-0.4, -0.2) is 23.0 Å². The molecule has 4 aromatic rings. The van der Waals surface area contributed by atoms with Crippen molar-refractivity contribution in [3.8, 4) is 11.3 Å². The van der Waals surface area contributed by atoms with Crippen LogP contribution in [0.1, 0.15) is 11.4 Å². The minimum atomic E-state index is -1.35. The van der Waals surface area contributed by atoms with Gasteiger partial charge in [-0.15, -0.1) is 11.6 Å². The van der Waals surface area contributed by atoms with Crippen molar-refractivity contribution in [3.05, 3.63) is 48.0 Å². The third-order valence-electron chi connectivity index (χ3n) is 4.46. The molecule has 4 aromatic heterocycles.